The van der Waals surface area contributed by atoms with E-state index < -0.39 is 0 Å². The summed E-state index contributed by atoms with van der Waals surface area (Å²) in [5, 5.41) is 4.42. The van der Waals surface area contributed by atoms with Crippen molar-refractivity contribution in [3.63, 3.8) is 0 Å². The Bertz CT molecular complexity index is 467. The summed E-state index contributed by atoms with van der Waals surface area (Å²) in [6.45, 7) is 4.97. The number of hydrogen-bond donors (Lipinski definition) is 1. The molecule has 0 aliphatic heterocycles. The Balaban J connectivity index is 1.99. The van der Waals surface area contributed by atoms with Crippen LogP contribution in [0.2, 0.25) is 0 Å². The summed E-state index contributed by atoms with van der Waals surface area (Å²) in [6, 6.07) is 1.81. The van der Waals surface area contributed by atoms with Crippen molar-refractivity contribution in [1.82, 2.24) is 15.0 Å². The van der Waals surface area contributed by atoms with Crippen LogP contribution in [0, 0.1) is 6.92 Å². The van der Waals surface area contributed by atoms with Crippen molar-refractivity contribution >= 4 is 17.3 Å². The maximum absolute atomic E-state index is 4.55. The Labute approximate surface area is 105 Å². The second-order valence-corrected chi connectivity index (χ2v) is 4.96. The number of rotatable bonds is 5. The molecular weight excluding hydrogens is 232 g/mol. The van der Waals surface area contributed by atoms with Crippen molar-refractivity contribution in [1.29, 1.82) is 0 Å². The summed E-state index contributed by atoms with van der Waals surface area (Å²) in [7, 11) is 0. The summed E-state index contributed by atoms with van der Waals surface area (Å²) in [5.41, 5.74) is 1.11. The molecule has 0 bridgehead atoms. The van der Waals surface area contributed by atoms with Gasteiger partial charge in [0.2, 0.25) is 5.95 Å². The molecule has 2 aromatic heterocycles. The molecule has 5 heteroatoms. The highest BCUT2D eigenvalue weighted by atomic mass is 32.1. The number of aromatic nitrogens is 3. The standard InChI is InChI=1S/C12H16N4S/c1-3-5-11-16-9(2)10(17-11)8-15-12-13-6-4-7-14-12/h4,6-7H,3,5,8H2,1-2H3,(H,13,14,15). The molecule has 0 fully saturated rings. The van der Waals surface area contributed by atoms with Gasteiger partial charge in [0.05, 0.1) is 17.2 Å². The smallest absolute Gasteiger partial charge is 0.222 e. The summed E-state index contributed by atoms with van der Waals surface area (Å²) < 4.78 is 0. The number of aryl methyl sites for hydroxylation is 2. The molecule has 17 heavy (non-hydrogen) atoms. The fourth-order valence-electron chi connectivity index (χ4n) is 1.52. The molecule has 2 rings (SSSR count). The molecule has 0 aliphatic carbocycles. The van der Waals surface area contributed by atoms with Gasteiger partial charge in [0.25, 0.3) is 0 Å². The van der Waals surface area contributed by atoms with Crippen LogP contribution in [0.5, 0.6) is 0 Å². The molecule has 0 radical (unpaired) electrons. The van der Waals surface area contributed by atoms with Gasteiger partial charge in [-0.3, -0.25) is 0 Å². The van der Waals surface area contributed by atoms with Gasteiger partial charge < -0.3 is 5.32 Å². The molecule has 0 aromatic carbocycles. The second kappa shape index (κ2) is 5.72. The highest BCUT2D eigenvalue weighted by molar-refractivity contribution is 7.11. The summed E-state index contributed by atoms with van der Waals surface area (Å²) in [6.07, 6.45) is 5.67. The average Bonchev–Trinajstić information content (AvgIpc) is 2.69. The Morgan fingerprint density at radius 3 is 2.76 bits per heavy atom. The van der Waals surface area contributed by atoms with Gasteiger partial charge in [-0.15, -0.1) is 11.3 Å². The van der Waals surface area contributed by atoms with E-state index in [9.17, 15) is 0 Å². The lowest BCUT2D eigenvalue weighted by Crippen LogP contribution is -2.02. The van der Waals surface area contributed by atoms with E-state index in [2.05, 4.69) is 34.1 Å². The molecule has 0 atom stereocenters. The third-order valence-electron chi connectivity index (χ3n) is 2.37. The van der Waals surface area contributed by atoms with E-state index in [-0.39, 0.29) is 0 Å². The number of hydrogen-bond acceptors (Lipinski definition) is 5. The fraction of sp³-hybridized carbons (Fsp3) is 0.417. The molecule has 2 aromatic rings. The second-order valence-electron chi connectivity index (χ2n) is 3.79. The molecule has 0 saturated heterocycles. The Morgan fingerprint density at radius 2 is 2.06 bits per heavy atom. The molecule has 0 spiro atoms. The van der Waals surface area contributed by atoms with E-state index in [0.717, 1.165) is 25.1 Å². The van der Waals surface area contributed by atoms with E-state index in [1.807, 2.05) is 6.07 Å². The van der Waals surface area contributed by atoms with Gasteiger partial charge in [0.1, 0.15) is 0 Å². The van der Waals surface area contributed by atoms with Crippen LogP contribution in [0.4, 0.5) is 5.95 Å². The highest BCUT2D eigenvalue weighted by Crippen LogP contribution is 2.19. The molecule has 0 amide bonds. The first-order valence-corrected chi connectivity index (χ1v) is 6.57. The Hall–Kier alpha value is -1.49. The van der Waals surface area contributed by atoms with Gasteiger partial charge >= 0.3 is 0 Å². The maximum Gasteiger partial charge on any atom is 0.222 e. The van der Waals surface area contributed by atoms with E-state index in [4.69, 9.17) is 0 Å². The largest absolute Gasteiger partial charge is 0.349 e. The normalized spacial score (nSPS) is 10.5. The monoisotopic (exact) mass is 248 g/mol. The zero-order chi connectivity index (χ0) is 12.1. The van der Waals surface area contributed by atoms with Gasteiger partial charge in [0.15, 0.2) is 0 Å². The van der Waals surface area contributed by atoms with E-state index in [0.29, 0.717) is 5.95 Å². The van der Waals surface area contributed by atoms with Crippen LogP contribution in [0.25, 0.3) is 0 Å². The lowest BCUT2D eigenvalue weighted by atomic mass is 10.3. The summed E-state index contributed by atoms with van der Waals surface area (Å²) in [4.78, 5) is 14.1. The van der Waals surface area contributed by atoms with Gasteiger partial charge in [-0.25, -0.2) is 15.0 Å². The van der Waals surface area contributed by atoms with Crippen LogP contribution in [-0.4, -0.2) is 15.0 Å². The Kier molecular flexibility index (Phi) is 4.03. The van der Waals surface area contributed by atoms with E-state index >= 15 is 0 Å². The third kappa shape index (κ3) is 3.23. The molecule has 90 valence electrons. The van der Waals surface area contributed by atoms with Crippen LogP contribution >= 0.6 is 11.3 Å². The molecule has 2 heterocycles. The topological polar surface area (TPSA) is 50.7 Å². The van der Waals surface area contributed by atoms with Crippen molar-refractivity contribution in [2.24, 2.45) is 0 Å². The third-order valence-corrected chi connectivity index (χ3v) is 3.59. The number of anilines is 1. The van der Waals surface area contributed by atoms with Crippen molar-refractivity contribution < 1.29 is 0 Å². The fourth-order valence-corrected chi connectivity index (χ4v) is 2.63. The molecule has 0 aliphatic rings. The first kappa shape index (κ1) is 12.0. The number of thiazole rings is 1. The lowest BCUT2D eigenvalue weighted by molar-refractivity contribution is 0.902. The number of nitrogens with one attached hydrogen (secondary N) is 1. The zero-order valence-electron chi connectivity index (χ0n) is 10.1. The zero-order valence-corrected chi connectivity index (χ0v) is 10.9. The predicted molar refractivity (Wildman–Crippen MR) is 70.2 cm³/mol. The Morgan fingerprint density at radius 1 is 1.29 bits per heavy atom. The summed E-state index contributed by atoms with van der Waals surface area (Å²) in [5.74, 6) is 0.664. The van der Waals surface area contributed by atoms with Crippen molar-refractivity contribution in [2.75, 3.05) is 5.32 Å². The highest BCUT2D eigenvalue weighted by Gasteiger charge is 2.07. The predicted octanol–water partition coefficient (Wildman–Crippen LogP) is 2.81. The van der Waals surface area contributed by atoms with E-state index in [1.165, 1.54) is 9.88 Å². The van der Waals surface area contributed by atoms with Gasteiger partial charge in [-0.1, -0.05) is 6.92 Å². The first-order chi connectivity index (χ1) is 8.29. The minimum atomic E-state index is 0.664. The molecule has 4 nitrogen and oxygen atoms in total. The van der Waals surface area contributed by atoms with Crippen LogP contribution < -0.4 is 5.32 Å². The quantitative estimate of drug-likeness (QED) is 0.884. The molecule has 0 unspecified atom stereocenters. The first-order valence-electron chi connectivity index (χ1n) is 5.75. The van der Waals surface area contributed by atoms with Crippen molar-refractivity contribution in [3.05, 3.63) is 34.0 Å². The van der Waals surface area contributed by atoms with Gasteiger partial charge in [-0.2, -0.15) is 0 Å². The lowest BCUT2D eigenvalue weighted by Gasteiger charge is -2.01. The van der Waals surface area contributed by atoms with Gasteiger partial charge in [0, 0.05) is 17.3 Å². The molecular formula is C12H16N4S. The van der Waals surface area contributed by atoms with Crippen LogP contribution in [0.3, 0.4) is 0 Å². The van der Waals surface area contributed by atoms with Crippen LogP contribution in [0.1, 0.15) is 28.9 Å². The minimum Gasteiger partial charge on any atom is -0.349 e. The van der Waals surface area contributed by atoms with Crippen LogP contribution in [-0.2, 0) is 13.0 Å². The SMILES string of the molecule is CCCc1nc(C)c(CNc2ncccn2)s1. The summed E-state index contributed by atoms with van der Waals surface area (Å²) >= 11 is 1.77. The van der Waals surface area contributed by atoms with Crippen molar-refractivity contribution in [3.8, 4) is 0 Å². The number of nitrogens with zero attached hydrogens (tertiary/aromatic N) is 3. The molecule has 1 N–H and O–H groups in total. The molecule has 0 saturated carbocycles. The van der Waals surface area contributed by atoms with E-state index in [1.54, 1.807) is 23.7 Å². The van der Waals surface area contributed by atoms with Crippen LogP contribution in [0.15, 0.2) is 18.5 Å². The maximum atomic E-state index is 4.55. The van der Waals surface area contributed by atoms with Gasteiger partial charge in [-0.05, 0) is 25.8 Å². The van der Waals surface area contributed by atoms with Crippen molar-refractivity contribution in [2.45, 2.75) is 33.2 Å². The minimum absolute atomic E-state index is 0.664. The average molecular weight is 248 g/mol.